The largest absolute Gasteiger partial charge is 0.236 e. The Balaban J connectivity index is 2.35. The molecular formula is C17H19IN2. The molecule has 0 fully saturated rings. The number of halogens is 1. The van der Waals surface area contributed by atoms with Gasteiger partial charge in [0.2, 0.25) is 0 Å². The fraction of sp³-hybridized carbons (Fsp3) is 0.412. The predicted octanol–water partition coefficient (Wildman–Crippen LogP) is 4.69. The fourth-order valence-electron chi connectivity index (χ4n) is 2.83. The number of nitrogens with zero attached hydrogens (tertiary/aromatic N) is 2. The number of hydrogen-bond acceptors (Lipinski definition) is 2. The van der Waals surface area contributed by atoms with Crippen molar-refractivity contribution in [2.75, 3.05) is 0 Å². The molecule has 2 aromatic rings. The van der Waals surface area contributed by atoms with Crippen molar-refractivity contribution < 1.29 is 0 Å². The highest BCUT2D eigenvalue weighted by Gasteiger charge is 2.39. The van der Waals surface area contributed by atoms with Crippen LogP contribution in [-0.4, -0.2) is 9.97 Å². The Hall–Kier alpha value is -0.970. The SMILES string of the molecule is CC(C)(C)c1nc(I)c2c(n1)C(C)(C)c1ccccc1-2. The maximum Gasteiger partial charge on any atom is 0.135 e. The molecule has 0 aliphatic heterocycles. The molecule has 0 saturated heterocycles. The minimum absolute atomic E-state index is 0.0280. The number of hydrogen-bond donors (Lipinski definition) is 0. The van der Waals surface area contributed by atoms with Crippen LogP contribution in [0.2, 0.25) is 0 Å². The van der Waals surface area contributed by atoms with E-state index in [1.165, 1.54) is 22.4 Å². The predicted molar refractivity (Wildman–Crippen MR) is 91.0 cm³/mol. The maximum atomic E-state index is 4.94. The molecule has 0 atom stereocenters. The average molecular weight is 378 g/mol. The molecule has 3 rings (SSSR count). The van der Waals surface area contributed by atoms with Crippen LogP contribution in [0.5, 0.6) is 0 Å². The fourth-order valence-corrected chi connectivity index (χ4v) is 3.61. The molecular weight excluding hydrogens is 359 g/mol. The maximum absolute atomic E-state index is 4.94. The van der Waals surface area contributed by atoms with Crippen LogP contribution < -0.4 is 0 Å². The van der Waals surface area contributed by atoms with Crippen LogP contribution >= 0.6 is 22.6 Å². The zero-order valence-corrected chi connectivity index (χ0v) is 14.7. The monoisotopic (exact) mass is 378 g/mol. The van der Waals surface area contributed by atoms with Gasteiger partial charge in [-0.3, -0.25) is 0 Å². The van der Waals surface area contributed by atoms with E-state index in [-0.39, 0.29) is 10.8 Å². The molecule has 104 valence electrons. The summed E-state index contributed by atoms with van der Waals surface area (Å²) < 4.78 is 1.07. The lowest BCUT2D eigenvalue weighted by molar-refractivity contribution is 0.528. The van der Waals surface area contributed by atoms with E-state index in [0.29, 0.717) is 0 Å². The first kappa shape index (κ1) is 14.0. The summed E-state index contributed by atoms with van der Waals surface area (Å²) in [4.78, 5) is 9.69. The van der Waals surface area contributed by atoms with Gasteiger partial charge in [-0.15, -0.1) is 0 Å². The van der Waals surface area contributed by atoms with Gasteiger partial charge >= 0.3 is 0 Å². The molecule has 0 radical (unpaired) electrons. The highest BCUT2D eigenvalue weighted by atomic mass is 127. The Kier molecular flexibility index (Phi) is 2.98. The quantitative estimate of drug-likeness (QED) is 0.491. The van der Waals surface area contributed by atoms with Gasteiger partial charge in [-0.2, -0.15) is 0 Å². The van der Waals surface area contributed by atoms with Gasteiger partial charge in [-0.05, 0) is 33.7 Å². The summed E-state index contributed by atoms with van der Waals surface area (Å²) in [5.41, 5.74) is 4.96. The van der Waals surface area contributed by atoms with Crippen LogP contribution in [0.1, 0.15) is 51.7 Å². The molecule has 1 aromatic carbocycles. The second-order valence-electron chi connectivity index (χ2n) is 6.98. The van der Waals surface area contributed by atoms with E-state index in [0.717, 1.165) is 9.53 Å². The summed E-state index contributed by atoms with van der Waals surface area (Å²) in [6.07, 6.45) is 0. The first-order valence-corrected chi connectivity index (χ1v) is 7.99. The minimum Gasteiger partial charge on any atom is -0.236 e. The van der Waals surface area contributed by atoms with Crippen LogP contribution in [0.3, 0.4) is 0 Å². The Bertz CT molecular complexity index is 697. The molecule has 2 nitrogen and oxygen atoms in total. The van der Waals surface area contributed by atoms with Crippen LogP contribution in [0.15, 0.2) is 24.3 Å². The summed E-state index contributed by atoms with van der Waals surface area (Å²) >= 11 is 2.35. The molecule has 0 bridgehead atoms. The van der Waals surface area contributed by atoms with Crippen molar-refractivity contribution in [3.63, 3.8) is 0 Å². The van der Waals surface area contributed by atoms with Crippen LogP contribution in [0.25, 0.3) is 11.1 Å². The molecule has 1 aliphatic carbocycles. The van der Waals surface area contributed by atoms with Gasteiger partial charge in [0.1, 0.15) is 9.53 Å². The summed E-state index contributed by atoms with van der Waals surface area (Å²) in [7, 11) is 0. The second-order valence-corrected chi connectivity index (χ2v) is 8.00. The molecule has 1 aliphatic rings. The smallest absolute Gasteiger partial charge is 0.135 e. The number of benzene rings is 1. The lowest BCUT2D eigenvalue weighted by Gasteiger charge is -2.23. The third-order valence-electron chi connectivity index (χ3n) is 4.00. The Morgan fingerprint density at radius 1 is 1.05 bits per heavy atom. The molecule has 0 spiro atoms. The van der Waals surface area contributed by atoms with Crippen molar-refractivity contribution >= 4 is 22.6 Å². The van der Waals surface area contributed by atoms with Crippen molar-refractivity contribution in [3.8, 4) is 11.1 Å². The van der Waals surface area contributed by atoms with E-state index in [1.54, 1.807) is 0 Å². The number of fused-ring (bicyclic) bond motifs is 3. The van der Waals surface area contributed by atoms with Gasteiger partial charge in [0.05, 0.1) is 5.69 Å². The van der Waals surface area contributed by atoms with Gasteiger partial charge in [0, 0.05) is 16.4 Å². The lowest BCUT2D eigenvalue weighted by Crippen LogP contribution is -2.23. The first-order chi connectivity index (χ1) is 9.23. The molecule has 1 aromatic heterocycles. The van der Waals surface area contributed by atoms with Crippen LogP contribution in [-0.2, 0) is 10.8 Å². The Labute approximate surface area is 134 Å². The van der Waals surface area contributed by atoms with Gasteiger partial charge in [0.15, 0.2) is 0 Å². The highest BCUT2D eigenvalue weighted by molar-refractivity contribution is 14.1. The van der Waals surface area contributed by atoms with E-state index in [2.05, 4.69) is 81.5 Å². The van der Waals surface area contributed by atoms with Crippen molar-refractivity contribution in [2.24, 2.45) is 0 Å². The number of aromatic nitrogens is 2. The molecule has 0 unspecified atom stereocenters. The van der Waals surface area contributed by atoms with E-state index in [4.69, 9.17) is 9.97 Å². The van der Waals surface area contributed by atoms with Crippen molar-refractivity contribution in [1.82, 2.24) is 9.97 Å². The van der Waals surface area contributed by atoms with E-state index in [1.807, 2.05) is 0 Å². The minimum atomic E-state index is -0.0468. The Morgan fingerprint density at radius 2 is 1.70 bits per heavy atom. The summed E-state index contributed by atoms with van der Waals surface area (Å²) in [5.74, 6) is 0.932. The normalized spacial score (nSPS) is 15.9. The van der Waals surface area contributed by atoms with E-state index >= 15 is 0 Å². The van der Waals surface area contributed by atoms with Crippen LogP contribution in [0.4, 0.5) is 0 Å². The Morgan fingerprint density at radius 3 is 2.35 bits per heavy atom. The second kappa shape index (κ2) is 4.26. The first-order valence-electron chi connectivity index (χ1n) is 6.91. The molecule has 1 heterocycles. The lowest BCUT2D eigenvalue weighted by atomic mass is 9.85. The average Bonchev–Trinajstić information content (AvgIpc) is 2.59. The molecule has 0 N–H and O–H groups in total. The van der Waals surface area contributed by atoms with Crippen LogP contribution in [0, 0.1) is 3.70 Å². The van der Waals surface area contributed by atoms with Gasteiger partial charge < -0.3 is 0 Å². The summed E-state index contributed by atoms with van der Waals surface area (Å²) in [6, 6.07) is 8.60. The molecule has 3 heteroatoms. The molecule has 20 heavy (non-hydrogen) atoms. The third-order valence-corrected chi connectivity index (χ3v) is 4.78. The van der Waals surface area contributed by atoms with Gasteiger partial charge in [-0.1, -0.05) is 58.9 Å². The van der Waals surface area contributed by atoms with Gasteiger partial charge in [-0.25, -0.2) is 9.97 Å². The third kappa shape index (κ3) is 1.90. The summed E-state index contributed by atoms with van der Waals surface area (Å²) in [6.45, 7) is 11.0. The zero-order valence-electron chi connectivity index (χ0n) is 12.6. The zero-order chi connectivity index (χ0) is 14.7. The van der Waals surface area contributed by atoms with E-state index in [9.17, 15) is 0 Å². The van der Waals surface area contributed by atoms with Crippen molar-refractivity contribution in [1.29, 1.82) is 0 Å². The topological polar surface area (TPSA) is 25.8 Å². The standard InChI is InChI=1S/C17H19IN2/c1-16(2,3)15-19-13-12(14(18)20-15)10-8-6-7-9-11(10)17(13,4)5/h6-9H,1-5H3. The molecule has 0 amide bonds. The number of rotatable bonds is 0. The van der Waals surface area contributed by atoms with E-state index < -0.39 is 0 Å². The summed E-state index contributed by atoms with van der Waals surface area (Å²) in [5, 5.41) is 0. The highest BCUT2D eigenvalue weighted by Crippen LogP contribution is 2.49. The van der Waals surface area contributed by atoms with Crippen molar-refractivity contribution in [2.45, 2.75) is 45.4 Å². The molecule has 0 saturated carbocycles. The van der Waals surface area contributed by atoms with Gasteiger partial charge in [0.25, 0.3) is 0 Å². The van der Waals surface area contributed by atoms with Crippen molar-refractivity contribution in [3.05, 3.63) is 45.0 Å².